The number of hydrogen-bond acceptors (Lipinski definition) is 5. The number of carboxylic acid groups (broad SMARTS) is 1. The first-order chi connectivity index (χ1) is 15.7. The lowest BCUT2D eigenvalue weighted by Gasteiger charge is -2.53. The topological polar surface area (TPSA) is 88.8 Å². The molecule has 33 heavy (non-hydrogen) atoms. The summed E-state index contributed by atoms with van der Waals surface area (Å²) in [6.45, 7) is 5.95. The largest absolute Gasteiger partial charge is 0.495 e. The Labute approximate surface area is 193 Å². The van der Waals surface area contributed by atoms with Crippen molar-refractivity contribution in [1.29, 1.82) is 0 Å². The summed E-state index contributed by atoms with van der Waals surface area (Å²) in [5.74, 6) is 0.160. The third-order valence-corrected chi connectivity index (χ3v) is 7.67. The highest BCUT2D eigenvalue weighted by Gasteiger charge is 2.46. The highest BCUT2D eigenvalue weighted by Crippen LogP contribution is 2.49. The number of aromatic nitrogens is 1. The number of carbonyl (C=O) groups excluding carboxylic acids is 1. The number of carbonyl (C=O) groups is 2. The predicted octanol–water partition coefficient (Wildman–Crippen LogP) is 3.92. The molecule has 1 saturated heterocycles. The lowest BCUT2D eigenvalue weighted by atomic mass is 9.68. The second-order valence-corrected chi connectivity index (χ2v) is 10.3. The van der Waals surface area contributed by atoms with Crippen LogP contribution in [0.5, 0.6) is 5.75 Å². The fourth-order valence-electron chi connectivity index (χ4n) is 5.97. The van der Waals surface area contributed by atoms with E-state index >= 15 is 0 Å². The molecule has 1 spiro atoms. The molecule has 1 aliphatic carbocycles. The predicted molar refractivity (Wildman–Crippen MR) is 125 cm³/mol. The van der Waals surface area contributed by atoms with Crippen LogP contribution in [0.2, 0.25) is 0 Å². The number of fused-ring (bicyclic) bond motifs is 3. The minimum atomic E-state index is -1.20. The van der Waals surface area contributed by atoms with Gasteiger partial charge in [0.2, 0.25) is 0 Å². The number of benzene rings is 1. The van der Waals surface area contributed by atoms with E-state index in [1.807, 2.05) is 10.6 Å². The zero-order valence-corrected chi connectivity index (χ0v) is 19.4. The van der Waals surface area contributed by atoms with Gasteiger partial charge in [-0.15, -0.1) is 0 Å². The first kappa shape index (κ1) is 21.7. The Bertz CT molecular complexity index is 1210. The number of methoxy groups -OCH3 is 1. The number of carboxylic acids is 1. The molecule has 2 fully saturated rings. The van der Waals surface area contributed by atoms with Crippen molar-refractivity contribution in [2.45, 2.75) is 52.0 Å². The number of hydrogen-bond donors (Lipinski definition) is 1. The second kappa shape index (κ2) is 7.75. The van der Waals surface area contributed by atoms with Gasteiger partial charge in [0.05, 0.1) is 18.5 Å². The average Bonchev–Trinajstić information content (AvgIpc) is 2.75. The Morgan fingerprint density at radius 3 is 2.61 bits per heavy atom. The number of ether oxygens (including phenoxy) is 1. The number of pyridine rings is 1. The van der Waals surface area contributed by atoms with Crippen LogP contribution in [-0.4, -0.2) is 41.6 Å². The van der Waals surface area contributed by atoms with Crippen LogP contribution in [0.1, 0.15) is 61.5 Å². The molecule has 1 saturated carbocycles. The number of Topliss-reactive ketones (excluding diaryl/α,β-unsaturated/α-hetero) is 1. The number of anilines is 1. The minimum absolute atomic E-state index is 0.0474. The molecule has 2 aliphatic heterocycles. The van der Waals surface area contributed by atoms with Crippen LogP contribution < -0.4 is 15.1 Å². The molecule has 1 aromatic carbocycles. The lowest BCUT2D eigenvalue weighted by Crippen LogP contribution is -2.58. The Morgan fingerprint density at radius 1 is 1.21 bits per heavy atom. The Hall–Kier alpha value is -3.09. The van der Waals surface area contributed by atoms with E-state index in [-0.39, 0.29) is 22.9 Å². The van der Waals surface area contributed by atoms with Crippen molar-refractivity contribution in [3.05, 3.63) is 45.7 Å². The van der Waals surface area contributed by atoms with Crippen LogP contribution >= 0.6 is 0 Å². The number of nitrogens with zero attached hydrogens (tertiary/aromatic N) is 2. The van der Waals surface area contributed by atoms with E-state index in [1.165, 1.54) is 12.3 Å². The molecular formula is C26H30N2O5. The van der Waals surface area contributed by atoms with E-state index < -0.39 is 11.4 Å². The number of ketones is 1. The molecule has 1 N–H and O–H groups in total. The van der Waals surface area contributed by atoms with Crippen LogP contribution in [-0.2, 0) is 11.2 Å². The summed E-state index contributed by atoms with van der Waals surface area (Å²) >= 11 is 0. The van der Waals surface area contributed by atoms with E-state index in [1.54, 1.807) is 7.11 Å². The molecule has 7 nitrogen and oxygen atoms in total. The molecule has 1 atom stereocenters. The standard InChI is InChI=1S/C26H30N2O5/c1-15(2)20-7-16-8-22(27-13-26(14-27)6-4-5-17(29)11-26)24(33-3)9-18(16)21-10-23(30)19(25(31)32)12-28(20)21/h8-10,12,15,20H,4-7,11,13-14H2,1-3H3,(H,31,32). The van der Waals surface area contributed by atoms with E-state index in [9.17, 15) is 19.5 Å². The van der Waals surface area contributed by atoms with E-state index in [0.29, 0.717) is 18.6 Å². The number of rotatable bonds is 4. The molecule has 3 heterocycles. The van der Waals surface area contributed by atoms with Crippen LogP contribution in [0.25, 0.3) is 11.3 Å². The molecule has 174 valence electrons. The molecule has 5 rings (SSSR count). The van der Waals surface area contributed by atoms with Crippen molar-refractivity contribution in [2.24, 2.45) is 11.3 Å². The molecule has 3 aliphatic rings. The SMILES string of the molecule is COc1cc2c(cc1N1CC3(CCCC(=O)C3)C1)CC(C(C)C)n1cc(C(=O)O)c(=O)cc1-2. The molecule has 7 heteroatoms. The summed E-state index contributed by atoms with van der Waals surface area (Å²) in [5, 5.41) is 9.46. The summed E-state index contributed by atoms with van der Waals surface area (Å²) in [4.78, 5) is 38.5. The van der Waals surface area contributed by atoms with Gasteiger partial charge in [0.1, 0.15) is 17.1 Å². The third kappa shape index (κ3) is 3.54. The minimum Gasteiger partial charge on any atom is -0.495 e. The zero-order chi connectivity index (χ0) is 23.5. The Morgan fingerprint density at radius 2 is 1.97 bits per heavy atom. The van der Waals surface area contributed by atoms with Gasteiger partial charge in [-0.3, -0.25) is 9.59 Å². The van der Waals surface area contributed by atoms with Crippen molar-refractivity contribution in [2.75, 3.05) is 25.1 Å². The molecule has 1 aromatic heterocycles. The van der Waals surface area contributed by atoms with Crippen molar-refractivity contribution < 1.29 is 19.4 Å². The average molecular weight is 451 g/mol. The second-order valence-electron chi connectivity index (χ2n) is 10.3. The van der Waals surface area contributed by atoms with E-state index in [4.69, 9.17) is 4.74 Å². The first-order valence-corrected chi connectivity index (χ1v) is 11.7. The highest BCUT2D eigenvalue weighted by atomic mass is 16.5. The van der Waals surface area contributed by atoms with Crippen LogP contribution in [0.3, 0.4) is 0 Å². The van der Waals surface area contributed by atoms with Gasteiger partial charge >= 0.3 is 5.97 Å². The monoisotopic (exact) mass is 450 g/mol. The summed E-state index contributed by atoms with van der Waals surface area (Å²) in [5.41, 5.74) is 3.21. The van der Waals surface area contributed by atoms with Crippen molar-refractivity contribution in [1.82, 2.24) is 4.57 Å². The van der Waals surface area contributed by atoms with Crippen molar-refractivity contribution in [3.8, 4) is 17.0 Å². The fraction of sp³-hybridized carbons (Fsp3) is 0.500. The maximum Gasteiger partial charge on any atom is 0.341 e. The molecule has 0 amide bonds. The van der Waals surface area contributed by atoms with Gasteiger partial charge in [0.25, 0.3) is 0 Å². The molecule has 0 bridgehead atoms. The maximum absolute atomic E-state index is 12.5. The summed E-state index contributed by atoms with van der Waals surface area (Å²) < 4.78 is 7.70. The first-order valence-electron chi connectivity index (χ1n) is 11.7. The van der Waals surface area contributed by atoms with Crippen molar-refractivity contribution >= 4 is 17.4 Å². The number of aromatic carboxylic acids is 1. The summed E-state index contributed by atoms with van der Waals surface area (Å²) in [6, 6.07) is 5.64. The van der Waals surface area contributed by atoms with Crippen molar-refractivity contribution in [3.63, 3.8) is 0 Å². The van der Waals surface area contributed by atoms with Gasteiger partial charge in [0, 0.05) is 55.2 Å². The summed E-state index contributed by atoms with van der Waals surface area (Å²) in [7, 11) is 1.64. The Kier molecular flexibility index (Phi) is 5.10. The van der Waals surface area contributed by atoms with Crippen LogP contribution in [0, 0.1) is 11.3 Å². The van der Waals surface area contributed by atoms with Gasteiger partial charge in [-0.2, -0.15) is 0 Å². The molecule has 2 aromatic rings. The van der Waals surface area contributed by atoms with Gasteiger partial charge in [-0.05, 0) is 42.9 Å². The summed E-state index contributed by atoms with van der Waals surface area (Å²) in [6.07, 6.45) is 5.70. The van der Waals surface area contributed by atoms with E-state index in [0.717, 1.165) is 60.6 Å². The van der Waals surface area contributed by atoms with Crippen LogP contribution in [0.15, 0.2) is 29.2 Å². The normalized spacial score (nSPS) is 20.9. The third-order valence-electron chi connectivity index (χ3n) is 7.67. The maximum atomic E-state index is 12.5. The Balaban J connectivity index is 1.56. The molecule has 1 unspecified atom stereocenters. The fourth-order valence-corrected chi connectivity index (χ4v) is 5.97. The molecule has 0 radical (unpaired) electrons. The quantitative estimate of drug-likeness (QED) is 0.759. The van der Waals surface area contributed by atoms with Gasteiger partial charge in [-0.25, -0.2) is 4.79 Å². The van der Waals surface area contributed by atoms with E-state index in [2.05, 4.69) is 24.8 Å². The van der Waals surface area contributed by atoms with Gasteiger partial charge in [-0.1, -0.05) is 13.8 Å². The van der Waals surface area contributed by atoms with Gasteiger partial charge < -0.3 is 19.3 Å². The molecular weight excluding hydrogens is 420 g/mol. The lowest BCUT2D eigenvalue weighted by molar-refractivity contribution is -0.124. The zero-order valence-electron chi connectivity index (χ0n) is 19.4. The highest BCUT2D eigenvalue weighted by molar-refractivity contribution is 5.88. The van der Waals surface area contributed by atoms with Gasteiger partial charge in [0.15, 0.2) is 5.43 Å². The van der Waals surface area contributed by atoms with Crippen LogP contribution in [0.4, 0.5) is 5.69 Å². The smallest absolute Gasteiger partial charge is 0.341 e.